The van der Waals surface area contributed by atoms with E-state index in [-0.39, 0.29) is 12.8 Å². The zero-order valence-electron chi connectivity index (χ0n) is 14.3. The number of carbonyl (C=O) groups is 3. The second-order valence-corrected chi connectivity index (χ2v) is 5.89. The third kappa shape index (κ3) is 3.95. The van der Waals surface area contributed by atoms with E-state index in [4.69, 9.17) is 15.7 Å². The summed E-state index contributed by atoms with van der Waals surface area (Å²) >= 11 is 0. The monoisotopic (exact) mass is 367 g/mol. The number of urea groups is 1. The molecule has 0 unspecified atom stereocenters. The second-order valence-electron chi connectivity index (χ2n) is 5.89. The number of amides is 2. The van der Waals surface area contributed by atoms with Crippen LogP contribution < -0.4 is 10.6 Å². The molecule has 8 nitrogen and oxygen atoms in total. The van der Waals surface area contributed by atoms with Gasteiger partial charge in [-0.15, -0.1) is 0 Å². The molecule has 0 saturated heterocycles. The van der Waals surface area contributed by atoms with Gasteiger partial charge in [0.05, 0.1) is 29.9 Å². The summed E-state index contributed by atoms with van der Waals surface area (Å²) in [5.41, 5.74) is 8.57. The lowest BCUT2D eigenvalue weighted by molar-refractivity contribution is -0.147. The van der Waals surface area contributed by atoms with E-state index in [1.165, 1.54) is 4.90 Å². The molecule has 0 atom stereocenters. The minimum absolute atomic E-state index is 0.280. The van der Waals surface area contributed by atoms with Gasteiger partial charge in [-0.25, -0.2) is 9.59 Å². The Morgan fingerprint density at radius 2 is 1.70 bits per heavy atom. The largest absolute Gasteiger partial charge is 0.481 e. The van der Waals surface area contributed by atoms with Gasteiger partial charge in [0.2, 0.25) is 0 Å². The lowest BCUT2D eigenvalue weighted by Gasteiger charge is -2.22. The van der Waals surface area contributed by atoms with Crippen molar-refractivity contribution >= 4 is 35.1 Å². The van der Waals surface area contributed by atoms with E-state index in [2.05, 4.69) is 5.16 Å². The van der Waals surface area contributed by atoms with Crippen LogP contribution in [0.5, 0.6) is 0 Å². The molecule has 2 amide bonds. The number of aliphatic carboxylic acids is 1. The maximum atomic E-state index is 12.1. The fourth-order valence-electron chi connectivity index (χ4n) is 2.88. The van der Waals surface area contributed by atoms with Crippen LogP contribution in [0.2, 0.25) is 0 Å². The Labute approximate surface area is 154 Å². The molecule has 1 aliphatic heterocycles. The van der Waals surface area contributed by atoms with E-state index < -0.39 is 18.0 Å². The number of hydrogen-bond donors (Lipinski definition) is 2. The summed E-state index contributed by atoms with van der Waals surface area (Å²) in [5, 5.41) is 12.6. The highest BCUT2D eigenvalue weighted by atomic mass is 16.7. The zero-order chi connectivity index (χ0) is 19.4. The molecule has 0 fully saturated rings. The Balaban J connectivity index is 2.01. The predicted octanol–water partition coefficient (Wildman–Crippen LogP) is 2.57. The topological polar surface area (TPSA) is 122 Å². The van der Waals surface area contributed by atoms with Crippen molar-refractivity contribution in [3.8, 4) is 0 Å². The zero-order valence-corrected chi connectivity index (χ0v) is 14.3. The molecule has 27 heavy (non-hydrogen) atoms. The van der Waals surface area contributed by atoms with Crippen LogP contribution in [0.1, 0.15) is 24.0 Å². The average Bonchev–Trinajstić information content (AvgIpc) is 2.79. The van der Waals surface area contributed by atoms with Crippen molar-refractivity contribution in [1.29, 1.82) is 0 Å². The molecule has 0 spiro atoms. The van der Waals surface area contributed by atoms with Crippen molar-refractivity contribution in [1.82, 2.24) is 0 Å². The molecule has 0 saturated carbocycles. The summed E-state index contributed by atoms with van der Waals surface area (Å²) in [7, 11) is 0. The normalized spacial score (nSPS) is 14.1. The minimum atomic E-state index is -1.09. The highest BCUT2D eigenvalue weighted by molar-refractivity contribution is 6.13. The highest BCUT2D eigenvalue weighted by Gasteiger charge is 2.27. The molecule has 2 aromatic rings. The first kappa shape index (κ1) is 18.1. The van der Waals surface area contributed by atoms with Crippen LogP contribution in [0.4, 0.5) is 16.2 Å². The number of nitrogens with two attached hydrogens (primary N) is 1. The van der Waals surface area contributed by atoms with Gasteiger partial charge in [-0.1, -0.05) is 41.6 Å². The number of carboxylic acids is 1. The maximum absolute atomic E-state index is 12.1. The number of oxime groups is 1. The summed E-state index contributed by atoms with van der Waals surface area (Å²) in [6, 6.07) is 13.6. The van der Waals surface area contributed by atoms with E-state index >= 15 is 0 Å². The van der Waals surface area contributed by atoms with Crippen LogP contribution in [-0.2, 0) is 20.8 Å². The molecule has 2 aromatic carbocycles. The van der Waals surface area contributed by atoms with Crippen LogP contribution >= 0.6 is 0 Å². The molecule has 1 heterocycles. The second kappa shape index (κ2) is 7.69. The fraction of sp³-hybridized carbons (Fsp3) is 0.158. The molecule has 0 radical (unpaired) electrons. The van der Waals surface area contributed by atoms with Gasteiger partial charge in [0.15, 0.2) is 0 Å². The van der Waals surface area contributed by atoms with Crippen molar-refractivity contribution in [2.45, 2.75) is 19.3 Å². The molecule has 138 valence electrons. The standard InChI is InChI=1S/C19H17N3O5/c20-19(26)22-15-7-3-1-5-12(15)11-14(13-6-2-4-8-16(13)22)21-27-18(25)10-9-17(23)24/h1-8H,9-11H2,(H2,20,26)(H,23,24)/b21-14+. The first-order valence-corrected chi connectivity index (χ1v) is 8.22. The number of primary amides is 1. The number of carbonyl (C=O) groups excluding carboxylic acids is 2. The third-order valence-corrected chi connectivity index (χ3v) is 4.07. The number of anilines is 2. The van der Waals surface area contributed by atoms with Gasteiger partial charge in [0, 0.05) is 12.0 Å². The van der Waals surface area contributed by atoms with Gasteiger partial charge in [-0.05, 0) is 17.7 Å². The van der Waals surface area contributed by atoms with Crippen molar-refractivity contribution in [3.05, 3.63) is 59.7 Å². The lowest BCUT2D eigenvalue weighted by Crippen LogP contribution is -2.32. The molecular formula is C19H17N3O5. The fourth-order valence-corrected chi connectivity index (χ4v) is 2.88. The van der Waals surface area contributed by atoms with E-state index in [9.17, 15) is 14.4 Å². The minimum Gasteiger partial charge on any atom is -0.481 e. The smallest absolute Gasteiger partial charge is 0.335 e. The van der Waals surface area contributed by atoms with Crippen LogP contribution in [-0.4, -0.2) is 28.8 Å². The number of nitrogens with zero attached hydrogens (tertiary/aromatic N) is 2. The number of benzene rings is 2. The number of para-hydroxylation sites is 2. The maximum Gasteiger partial charge on any atom is 0.335 e. The molecule has 0 aromatic heterocycles. The van der Waals surface area contributed by atoms with Crippen molar-refractivity contribution in [3.63, 3.8) is 0 Å². The summed E-state index contributed by atoms with van der Waals surface area (Å²) in [6.07, 6.45) is -0.306. The van der Waals surface area contributed by atoms with Gasteiger partial charge in [0.25, 0.3) is 0 Å². The summed E-state index contributed by atoms with van der Waals surface area (Å²) < 4.78 is 0. The lowest BCUT2D eigenvalue weighted by atomic mass is 10.0. The Hall–Kier alpha value is -3.68. The first-order valence-electron chi connectivity index (χ1n) is 8.22. The van der Waals surface area contributed by atoms with Gasteiger partial charge in [0.1, 0.15) is 0 Å². The van der Waals surface area contributed by atoms with Crippen molar-refractivity contribution in [2.75, 3.05) is 4.90 Å². The summed E-state index contributed by atoms with van der Waals surface area (Å²) in [4.78, 5) is 40.7. The van der Waals surface area contributed by atoms with Crippen LogP contribution in [0.25, 0.3) is 0 Å². The molecule has 8 heteroatoms. The SMILES string of the molecule is NC(=O)N1c2ccccc2C/C(=N\OC(=O)CCC(=O)O)c2ccccc21. The quantitative estimate of drug-likeness (QED) is 0.635. The third-order valence-electron chi connectivity index (χ3n) is 4.07. The van der Waals surface area contributed by atoms with Crippen LogP contribution in [0.15, 0.2) is 53.7 Å². The van der Waals surface area contributed by atoms with Crippen LogP contribution in [0, 0.1) is 0 Å². The molecule has 3 N–H and O–H groups in total. The predicted molar refractivity (Wildman–Crippen MR) is 97.8 cm³/mol. The van der Waals surface area contributed by atoms with E-state index in [0.717, 1.165) is 5.56 Å². The number of fused-ring (bicyclic) bond motifs is 2. The van der Waals surface area contributed by atoms with E-state index in [1.807, 2.05) is 12.1 Å². The van der Waals surface area contributed by atoms with E-state index in [1.54, 1.807) is 36.4 Å². The van der Waals surface area contributed by atoms with E-state index in [0.29, 0.717) is 29.1 Å². The Bertz CT molecular complexity index is 938. The molecule has 0 aliphatic carbocycles. The average molecular weight is 367 g/mol. The number of carboxylic acid groups (broad SMARTS) is 1. The molecule has 3 rings (SSSR count). The number of hydrogen-bond acceptors (Lipinski definition) is 5. The van der Waals surface area contributed by atoms with Gasteiger partial charge in [-0.3, -0.25) is 9.69 Å². The van der Waals surface area contributed by atoms with Gasteiger partial charge >= 0.3 is 18.0 Å². The summed E-state index contributed by atoms with van der Waals surface area (Å²) in [6.45, 7) is 0. The van der Waals surface area contributed by atoms with Gasteiger partial charge < -0.3 is 15.7 Å². The Morgan fingerprint density at radius 3 is 2.41 bits per heavy atom. The summed E-state index contributed by atoms with van der Waals surface area (Å²) in [5.74, 6) is -1.84. The van der Waals surface area contributed by atoms with Crippen molar-refractivity contribution < 1.29 is 24.3 Å². The first-order chi connectivity index (χ1) is 13.0. The Morgan fingerprint density at radius 1 is 1.04 bits per heavy atom. The molecule has 0 bridgehead atoms. The number of rotatable bonds is 4. The van der Waals surface area contributed by atoms with Crippen molar-refractivity contribution in [2.24, 2.45) is 10.9 Å². The highest BCUT2D eigenvalue weighted by Crippen LogP contribution is 2.35. The van der Waals surface area contributed by atoms with Crippen LogP contribution in [0.3, 0.4) is 0 Å². The van der Waals surface area contributed by atoms with Gasteiger partial charge in [-0.2, -0.15) is 0 Å². The molecular weight excluding hydrogens is 350 g/mol. The molecule has 1 aliphatic rings. The Kier molecular flexibility index (Phi) is 5.16.